The molecule has 0 bridgehead atoms. The predicted molar refractivity (Wildman–Crippen MR) is 103 cm³/mol. The minimum Gasteiger partial charge on any atom is -0.497 e. The summed E-state index contributed by atoms with van der Waals surface area (Å²) in [5.74, 6) is 2.72. The molecule has 0 aliphatic carbocycles. The normalized spacial score (nSPS) is 10.6. The molecule has 0 radical (unpaired) electrons. The van der Waals surface area contributed by atoms with Crippen molar-refractivity contribution in [3.63, 3.8) is 0 Å². The average Bonchev–Trinajstić information content (AvgIpc) is 2.67. The van der Waals surface area contributed by atoms with Crippen LogP contribution in [0.15, 0.2) is 36.4 Å². The number of hydrogen-bond acceptors (Lipinski definition) is 6. The van der Waals surface area contributed by atoms with Gasteiger partial charge in [-0.05, 0) is 41.8 Å². The molecule has 0 aliphatic heterocycles. The van der Waals surface area contributed by atoms with Crippen LogP contribution in [0.4, 0.5) is 5.82 Å². The third-order valence-electron chi connectivity index (χ3n) is 4.04. The fourth-order valence-electron chi connectivity index (χ4n) is 2.68. The van der Waals surface area contributed by atoms with Gasteiger partial charge in [0, 0.05) is 18.0 Å². The molecule has 0 amide bonds. The third kappa shape index (κ3) is 3.91. The molecule has 1 aromatic heterocycles. The summed E-state index contributed by atoms with van der Waals surface area (Å²) in [5.41, 5.74) is 1.89. The molecule has 0 spiro atoms. The Bertz CT molecular complexity index is 901. The van der Waals surface area contributed by atoms with Crippen LogP contribution in [0.2, 0.25) is 5.28 Å². The number of ether oxygens (including phenoxy) is 3. The SMILES string of the molecule is COc1ccc(CCNc2nc(Cl)nc3cc(OC)c(OC)cc23)cc1. The molecule has 26 heavy (non-hydrogen) atoms. The highest BCUT2D eigenvalue weighted by Gasteiger charge is 2.12. The van der Waals surface area contributed by atoms with Crippen molar-refractivity contribution in [1.82, 2.24) is 9.97 Å². The molecule has 3 rings (SSSR count). The number of methoxy groups -OCH3 is 3. The minimum absolute atomic E-state index is 0.177. The van der Waals surface area contributed by atoms with E-state index in [1.165, 1.54) is 5.56 Å². The number of rotatable bonds is 7. The van der Waals surface area contributed by atoms with Gasteiger partial charge in [0.15, 0.2) is 11.5 Å². The molecule has 0 saturated heterocycles. The van der Waals surface area contributed by atoms with Crippen LogP contribution in [0.1, 0.15) is 5.56 Å². The summed E-state index contributed by atoms with van der Waals surface area (Å²) in [6.07, 6.45) is 0.834. The van der Waals surface area contributed by atoms with Crippen molar-refractivity contribution in [2.75, 3.05) is 33.2 Å². The summed E-state index contributed by atoms with van der Waals surface area (Å²) in [6, 6.07) is 11.6. The highest BCUT2D eigenvalue weighted by Crippen LogP contribution is 2.34. The molecule has 1 N–H and O–H groups in total. The second-order valence-corrected chi connectivity index (χ2v) is 5.93. The van der Waals surface area contributed by atoms with Gasteiger partial charge in [0.25, 0.3) is 0 Å². The molecule has 6 nitrogen and oxygen atoms in total. The molecule has 0 saturated carbocycles. The summed E-state index contributed by atoms with van der Waals surface area (Å²) >= 11 is 6.07. The fourth-order valence-corrected chi connectivity index (χ4v) is 2.86. The van der Waals surface area contributed by atoms with E-state index in [4.69, 9.17) is 25.8 Å². The lowest BCUT2D eigenvalue weighted by Crippen LogP contribution is -2.08. The average molecular weight is 374 g/mol. The van der Waals surface area contributed by atoms with Crippen LogP contribution < -0.4 is 19.5 Å². The Hall–Kier alpha value is -2.73. The van der Waals surface area contributed by atoms with Crippen molar-refractivity contribution < 1.29 is 14.2 Å². The number of halogens is 1. The van der Waals surface area contributed by atoms with Gasteiger partial charge in [0.05, 0.1) is 26.8 Å². The zero-order chi connectivity index (χ0) is 18.5. The van der Waals surface area contributed by atoms with Crippen molar-refractivity contribution in [3.05, 3.63) is 47.2 Å². The Kier molecular flexibility index (Phi) is 5.63. The standard InChI is InChI=1S/C19H20ClN3O3/c1-24-13-6-4-12(5-7-13)8-9-21-18-14-10-16(25-2)17(26-3)11-15(14)22-19(20)23-18/h4-7,10-11H,8-9H2,1-3H3,(H,21,22,23). The van der Waals surface area contributed by atoms with Crippen LogP contribution >= 0.6 is 11.6 Å². The molecule has 0 aliphatic rings. The van der Waals surface area contributed by atoms with Crippen LogP contribution in [0, 0.1) is 0 Å². The Morgan fingerprint density at radius 3 is 2.27 bits per heavy atom. The van der Waals surface area contributed by atoms with Crippen LogP contribution in [-0.2, 0) is 6.42 Å². The first-order valence-corrected chi connectivity index (χ1v) is 8.48. The first-order chi connectivity index (χ1) is 12.6. The Balaban J connectivity index is 1.81. The summed E-state index contributed by atoms with van der Waals surface area (Å²) in [6.45, 7) is 0.698. The van der Waals surface area contributed by atoms with Gasteiger partial charge in [0.1, 0.15) is 11.6 Å². The van der Waals surface area contributed by atoms with E-state index in [-0.39, 0.29) is 5.28 Å². The maximum atomic E-state index is 6.07. The van der Waals surface area contributed by atoms with E-state index < -0.39 is 0 Å². The van der Waals surface area contributed by atoms with Crippen LogP contribution in [0.25, 0.3) is 10.9 Å². The largest absolute Gasteiger partial charge is 0.497 e. The Morgan fingerprint density at radius 2 is 1.62 bits per heavy atom. The predicted octanol–water partition coefficient (Wildman–Crippen LogP) is 3.96. The van der Waals surface area contributed by atoms with Gasteiger partial charge in [-0.25, -0.2) is 9.97 Å². The minimum atomic E-state index is 0.177. The van der Waals surface area contributed by atoms with E-state index in [1.54, 1.807) is 27.4 Å². The molecular formula is C19H20ClN3O3. The van der Waals surface area contributed by atoms with E-state index in [9.17, 15) is 0 Å². The first kappa shape index (κ1) is 18.1. The highest BCUT2D eigenvalue weighted by atomic mass is 35.5. The smallest absolute Gasteiger partial charge is 0.224 e. The molecule has 0 atom stereocenters. The fraction of sp³-hybridized carbons (Fsp3) is 0.263. The lowest BCUT2D eigenvalue weighted by molar-refractivity contribution is 0.356. The lowest BCUT2D eigenvalue weighted by Gasteiger charge is -2.13. The Morgan fingerprint density at radius 1 is 0.923 bits per heavy atom. The van der Waals surface area contributed by atoms with E-state index in [0.717, 1.165) is 17.6 Å². The molecule has 0 fully saturated rings. The summed E-state index contributed by atoms with van der Waals surface area (Å²) in [5, 5.41) is 4.33. The van der Waals surface area contributed by atoms with Gasteiger partial charge >= 0.3 is 0 Å². The summed E-state index contributed by atoms with van der Waals surface area (Å²) in [4.78, 5) is 8.59. The monoisotopic (exact) mass is 373 g/mol. The number of benzene rings is 2. The van der Waals surface area contributed by atoms with Gasteiger partial charge in [-0.1, -0.05) is 12.1 Å². The highest BCUT2D eigenvalue weighted by molar-refractivity contribution is 6.28. The molecule has 7 heteroatoms. The Labute approximate surface area is 157 Å². The zero-order valence-corrected chi connectivity index (χ0v) is 15.6. The lowest BCUT2D eigenvalue weighted by atomic mass is 10.1. The molecule has 2 aromatic carbocycles. The van der Waals surface area contributed by atoms with Crippen molar-refractivity contribution in [2.24, 2.45) is 0 Å². The number of nitrogens with one attached hydrogen (secondary N) is 1. The number of anilines is 1. The molecule has 3 aromatic rings. The number of aromatic nitrogens is 2. The molecule has 1 heterocycles. The molecule has 136 valence electrons. The van der Waals surface area contributed by atoms with E-state index >= 15 is 0 Å². The van der Waals surface area contributed by atoms with Crippen molar-refractivity contribution >= 4 is 28.3 Å². The van der Waals surface area contributed by atoms with E-state index in [1.807, 2.05) is 30.3 Å². The van der Waals surface area contributed by atoms with Crippen LogP contribution in [-0.4, -0.2) is 37.8 Å². The summed E-state index contributed by atoms with van der Waals surface area (Å²) in [7, 11) is 4.83. The van der Waals surface area contributed by atoms with Gasteiger partial charge in [-0.3, -0.25) is 0 Å². The quantitative estimate of drug-likeness (QED) is 0.632. The van der Waals surface area contributed by atoms with E-state index in [0.29, 0.717) is 29.4 Å². The maximum Gasteiger partial charge on any atom is 0.224 e. The van der Waals surface area contributed by atoms with Crippen molar-refractivity contribution in [2.45, 2.75) is 6.42 Å². The van der Waals surface area contributed by atoms with Crippen molar-refractivity contribution in [1.29, 1.82) is 0 Å². The van der Waals surface area contributed by atoms with Gasteiger partial charge < -0.3 is 19.5 Å². The zero-order valence-electron chi connectivity index (χ0n) is 14.9. The second kappa shape index (κ2) is 8.10. The van der Waals surface area contributed by atoms with Crippen LogP contribution in [0.5, 0.6) is 17.2 Å². The van der Waals surface area contributed by atoms with Crippen molar-refractivity contribution in [3.8, 4) is 17.2 Å². The first-order valence-electron chi connectivity index (χ1n) is 8.10. The number of fused-ring (bicyclic) bond motifs is 1. The maximum absolute atomic E-state index is 6.07. The van der Waals surface area contributed by atoms with E-state index in [2.05, 4.69) is 15.3 Å². The van der Waals surface area contributed by atoms with Gasteiger partial charge in [-0.15, -0.1) is 0 Å². The molecular weight excluding hydrogens is 354 g/mol. The second-order valence-electron chi connectivity index (χ2n) is 5.59. The molecule has 0 unspecified atom stereocenters. The van der Waals surface area contributed by atoms with Crippen LogP contribution in [0.3, 0.4) is 0 Å². The van der Waals surface area contributed by atoms with Gasteiger partial charge in [0.2, 0.25) is 5.28 Å². The summed E-state index contributed by atoms with van der Waals surface area (Å²) < 4.78 is 15.9. The van der Waals surface area contributed by atoms with Gasteiger partial charge in [-0.2, -0.15) is 0 Å². The number of hydrogen-bond donors (Lipinski definition) is 1. The topological polar surface area (TPSA) is 65.5 Å². The number of nitrogens with zero attached hydrogens (tertiary/aromatic N) is 2. The third-order valence-corrected chi connectivity index (χ3v) is 4.21.